The molecule has 0 radical (unpaired) electrons. The van der Waals surface area contributed by atoms with Gasteiger partial charge in [0.2, 0.25) is 0 Å². The van der Waals surface area contributed by atoms with Gasteiger partial charge in [0.15, 0.2) is 0 Å². The molecule has 2 rings (SSSR count). The Morgan fingerprint density at radius 2 is 2.05 bits per heavy atom. The van der Waals surface area contributed by atoms with E-state index < -0.39 is 11.4 Å². The fraction of sp³-hybridized carbons (Fsp3) is 0.867. The van der Waals surface area contributed by atoms with Crippen LogP contribution in [0.15, 0.2) is 0 Å². The number of rotatable bonds is 4. The molecule has 0 aromatic heterocycles. The maximum atomic E-state index is 12.2. The first-order chi connectivity index (χ1) is 9.31. The van der Waals surface area contributed by atoms with Gasteiger partial charge >= 0.3 is 12.0 Å². The van der Waals surface area contributed by atoms with Crippen molar-refractivity contribution >= 4 is 12.0 Å². The number of carboxylic acids is 1. The summed E-state index contributed by atoms with van der Waals surface area (Å²) in [5.74, 6) is -0.215. The first-order valence-electron chi connectivity index (χ1n) is 7.57. The van der Waals surface area contributed by atoms with Crippen molar-refractivity contribution in [1.29, 1.82) is 0 Å². The molecule has 1 saturated heterocycles. The van der Waals surface area contributed by atoms with Crippen LogP contribution in [0.3, 0.4) is 0 Å². The van der Waals surface area contributed by atoms with E-state index in [0.29, 0.717) is 43.8 Å². The number of nitrogens with one attached hydrogen (secondary N) is 1. The van der Waals surface area contributed by atoms with E-state index in [-0.39, 0.29) is 6.03 Å². The molecule has 2 fully saturated rings. The van der Waals surface area contributed by atoms with Gasteiger partial charge in [0.25, 0.3) is 0 Å². The molecule has 0 spiro atoms. The third kappa shape index (κ3) is 2.91. The molecule has 1 saturated carbocycles. The molecule has 2 amide bonds. The average molecular weight is 282 g/mol. The molecule has 2 atom stereocenters. The molecule has 1 heterocycles. The molecular weight excluding hydrogens is 256 g/mol. The summed E-state index contributed by atoms with van der Waals surface area (Å²) in [6.07, 6.45) is 3.16. The summed E-state index contributed by atoms with van der Waals surface area (Å²) in [5, 5.41) is 12.4. The SMILES string of the molecule is CCC1(C(=O)O)CCCN(C(=O)NCC2CC2(C)C)C1. The van der Waals surface area contributed by atoms with E-state index in [1.165, 1.54) is 0 Å². The Hall–Kier alpha value is -1.26. The van der Waals surface area contributed by atoms with Crippen LogP contribution in [0, 0.1) is 16.7 Å². The Labute approximate surface area is 120 Å². The molecule has 0 aromatic carbocycles. The van der Waals surface area contributed by atoms with Crippen LogP contribution in [-0.2, 0) is 4.79 Å². The van der Waals surface area contributed by atoms with Gasteiger partial charge in [-0.25, -0.2) is 4.79 Å². The number of aliphatic carboxylic acids is 1. The number of carbonyl (C=O) groups excluding carboxylic acids is 1. The van der Waals surface area contributed by atoms with Crippen molar-refractivity contribution in [3.63, 3.8) is 0 Å². The molecule has 114 valence electrons. The van der Waals surface area contributed by atoms with Gasteiger partial charge in [-0.05, 0) is 37.0 Å². The zero-order chi connectivity index (χ0) is 15.0. The summed E-state index contributed by atoms with van der Waals surface area (Å²) < 4.78 is 0. The Kier molecular flexibility index (Phi) is 3.98. The van der Waals surface area contributed by atoms with Crippen molar-refractivity contribution in [1.82, 2.24) is 10.2 Å². The van der Waals surface area contributed by atoms with E-state index in [0.717, 1.165) is 12.8 Å². The molecule has 0 bridgehead atoms. The minimum absolute atomic E-state index is 0.105. The molecule has 20 heavy (non-hydrogen) atoms. The van der Waals surface area contributed by atoms with Gasteiger partial charge in [0.1, 0.15) is 0 Å². The highest BCUT2D eigenvalue weighted by molar-refractivity contribution is 5.78. The maximum absolute atomic E-state index is 12.2. The second-order valence-corrected chi connectivity index (χ2v) is 7.04. The smallest absolute Gasteiger partial charge is 0.317 e. The summed E-state index contributed by atoms with van der Waals surface area (Å²) in [7, 11) is 0. The molecule has 5 heteroatoms. The van der Waals surface area contributed by atoms with E-state index in [4.69, 9.17) is 0 Å². The van der Waals surface area contributed by atoms with Crippen LogP contribution in [-0.4, -0.2) is 41.6 Å². The van der Waals surface area contributed by atoms with Crippen molar-refractivity contribution < 1.29 is 14.7 Å². The summed E-state index contributed by atoms with van der Waals surface area (Å²) in [6, 6.07) is -0.105. The Bertz CT molecular complexity index is 408. The number of hydrogen-bond donors (Lipinski definition) is 2. The van der Waals surface area contributed by atoms with Crippen LogP contribution in [0.2, 0.25) is 0 Å². The highest BCUT2D eigenvalue weighted by atomic mass is 16.4. The van der Waals surface area contributed by atoms with E-state index in [9.17, 15) is 14.7 Å². The molecule has 0 aromatic rings. The molecule has 2 unspecified atom stereocenters. The molecule has 2 aliphatic rings. The Morgan fingerprint density at radius 3 is 2.55 bits per heavy atom. The second kappa shape index (κ2) is 5.26. The van der Waals surface area contributed by atoms with Gasteiger partial charge < -0.3 is 15.3 Å². The fourth-order valence-corrected chi connectivity index (χ4v) is 3.17. The zero-order valence-electron chi connectivity index (χ0n) is 12.7. The van der Waals surface area contributed by atoms with Gasteiger partial charge in [-0.3, -0.25) is 4.79 Å². The topological polar surface area (TPSA) is 69.6 Å². The third-order valence-electron chi connectivity index (χ3n) is 5.21. The van der Waals surface area contributed by atoms with Gasteiger partial charge in [-0.2, -0.15) is 0 Å². The lowest BCUT2D eigenvalue weighted by molar-refractivity contribution is -0.152. The van der Waals surface area contributed by atoms with E-state index in [2.05, 4.69) is 19.2 Å². The quantitative estimate of drug-likeness (QED) is 0.831. The summed E-state index contributed by atoms with van der Waals surface area (Å²) in [4.78, 5) is 25.3. The third-order valence-corrected chi connectivity index (χ3v) is 5.21. The van der Waals surface area contributed by atoms with Crippen molar-refractivity contribution in [2.45, 2.75) is 46.5 Å². The maximum Gasteiger partial charge on any atom is 0.317 e. The van der Waals surface area contributed by atoms with E-state index in [1.54, 1.807) is 4.90 Å². The number of hydrogen-bond acceptors (Lipinski definition) is 2. The van der Waals surface area contributed by atoms with Crippen molar-refractivity contribution in [3.8, 4) is 0 Å². The second-order valence-electron chi connectivity index (χ2n) is 7.04. The molecular formula is C15H26N2O3. The first-order valence-corrected chi connectivity index (χ1v) is 7.57. The number of carbonyl (C=O) groups is 2. The number of nitrogens with zero attached hydrogens (tertiary/aromatic N) is 1. The number of urea groups is 1. The van der Waals surface area contributed by atoms with Crippen LogP contribution in [0.1, 0.15) is 46.5 Å². The van der Waals surface area contributed by atoms with Crippen LogP contribution in [0.4, 0.5) is 4.79 Å². The van der Waals surface area contributed by atoms with E-state index >= 15 is 0 Å². The summed E-state index contributed by atoms with van der Waals surface area (Å²) in [6.45, 7) is 8.00. The molecule has 2 N–H and O–H groups in total. The van der Waals surface area contributed by atoms with Crippen molar-refractivity contribution in [2.24, 2.45) is 16.7 Å². The van der Waals surface area contributed by atoms with Gasteiger partial charge in [-0.1, -0.05) is 20.8 Å². The van der Waals surface area contributed by atoms with Gasteiger partial charge in [0.05, 0.1) is 5.41 Å². The predicted octanol–water partition coefficient (Wildman–Crippen LogP) is 2.32. The standard InChI is InChI=1S/C15H26N2O3/c1-4-15(12(18)19)6-5-7-17(10-15)13(20)16-9-11-8-14(11,2)3/h11H,4-10H2,1-3H3,(H,16,20)(H,18,19). The monoisotopic (exact) mass is 282 g/mol. The molecule has 1 aliphatic carbocycles. The summed E-state index contributed by atoms with van der Waals surface area (Å²) >= 11 is 0. The number of carboxylic acid groups (broad SMARTS) is 1. The molecule has 5 nitrogen and oxygen atoms in total. The average Bonchev–Trinajstić information content (AvgIpc) is 3.03. The largest absolute Gasteiger partial charge is 0.481 e. The predicted molar refractivity (Wildman–Crippen MR) is 76.5 cm³/mol. The van der Waals surface area contributed by atoms with Gasteiger partial charge in [-0.15, -0.1) is 0 Å². The zero-order valence-corrected chi connectivity index (χ0v) is 12.7. The fourth-order valence-electron chi connectivity index (χ4n) is 3.17. The number of amides is 2. The summed E-state index contributed by atoms with van der Waals surface area (Å²) in [5.41, 5.74) is -0.405. The lowest BCUT2D eigenvalue weighted by atomic mass is 9.78. The van der Waals surface area contributed by atoms with E-state index in [1.807, 2.05) is 6.92 Å². The minimum Gasteiger partial charge on any atom is -0.481 e. The highest BCUT2D eigenvalue weighted by Crippen LogP contribution is 2.51. The van der Waals surface area contributed by atoms with Crippen LogP contribution in [0.5, 0.6) is 0 Å². The number of likely N-dealkylation sites (tertiary alicyclic amines) is 1. The first kappa shape index (κ1) is 15.1. The Balaban J connectivity index is 1.88. The Morgan fingerprint density at radius 1 is 1.40 bits per heavy atom. The number of piperidine rings is 1. The normalized spacial score (nSPS) is 31.8. The minimum atomic E-state index is -0.777. The van der Waals surface area contributed by atoms with Crippen molar-refractivity contribution in [2.75, 3.05) is 19.6 Å². The van der Waals surface area contributed by atoms with Crippen LogP contribution >= 0.6 is 0 Å². The highest BCUT2D eigenvalue weighted by Gasteiger charge is 2.46. The lowest BCUT2D eigenvalue weighted by Crippen LogP contribution is -2.52. The van der Waals surface area contributed by atoms with Crippen molar-refractivity contribution in [3.05, 3.63) is 0 Å². The van der Waals surface area contributed by atoms with Gasteiger partial charge in [0, 0.05) is 19.6 Å². The van der Waals surface area contributed by atoms with Crippen LogP contribution < -0.4 is 5.32 Å². The van der Waals surface area contributed by atoms with Crippen LogP contribution in [0.25, 0.3) is 0 Å². The lowest BCUT2D eigenvalue weighted by Gasteiger charge is -2.39. The molecule has 1 aliphatic heterocycles.